The van der Waals surface area contributed by atoms with Crippen LogP contribution in [0.2, 0.25) is 0 Å². The first-order valence-corrected chi connectivity index (χ1v) is 8.61. The summed E-state index contributed by atoms with van der Waals surface area (Å²) in [7, 11) is 3.09. The van der Waals surface area contributed by atoms with Crippen LogP contribution in [0.4, 0.5) is 5.13 Å². The van der Waals surface area contributed by atoms with E-state index < -0.39 is 0 Å². The summed E-state index contributed by atoms with van der Waals surface area (Å²) in [5, 5.41) is 4.35. The summed E-state index contributed by atoms with van der Waals surface area (Å²) in [6, 6.07) is 3.58. The van der Waals surface area contributed by atoms with Gasteiger partial charge in [0.1, 0.15) is 4.88 Å². The predicted octanol–water partition coefficient (Wildman–Crippen LogP) is 2.83. The van der Waals surface area contributed by atoms with Gasteiger partial charge in [-0.3, -0.25) is 4.79 Å². The van der Waals surface area contributed by atoms with Gasteiger partial charge in [-0.15, -0.1) is 0 Å². The third-order valence-corrected chi connectivity index (χ3v) is 4.48. The number of carbonyl (C=O) groups excluding carboxylic acids is 1. The molecule has 128 valence electrons. The maximum absolute atomic E-state index is 12.2. The van der Waals surface area contributed by atoms with Crippen molar-refractivity contribution in [3.63, 3.8) is 0 Å². The lowest BCUT2D eigenvalue weighted by Gasteiger charge is -2.10. The SMILES string of the molecule is CCc1nc(N)sc1C(=O)N/N=C\c1cc(Br)cc(OC)c1OC. The number of ether oxygens (including phenoxy) is 2. The number of carbonyl (C=O) groups is 1. The Labute approximate surface area is 152 Å². The first-order valence-electron chi connectivity index (χ1n) is 7.00. The molecular formula is C15H17BrN4O3S. The smallest absolute Gasteiger partial charge is 0.283 e. The highest BCUT2D eigenvalue weighted by molar-refractivity contribution is 9.10. The van der Waals surface area contributed by atoms with Gasteiger partial charge in [-0.25, -0.2) is 10.4 Å². The van der Waals surface area contributed by atoms with Crippen LogP contribution in [0.25, 0.3) is 0 Å². The van der Waals surface area contributed by atoms with E-state index >= 15 is 0 Å². The van der Waals surface area contributed by atoms with Crippen molar-refractivity contribution in [2.75, 3.05) is 20.0 Å². The maximum Gasteiger partial charge on any atom is 0.283 e. The number of nitrogen functional groups attached to an aromatic ring is 1. The van der Waals surface area contributed by atoms with E-state index in [1.54, 1.807) is 19.2 Å². The fourth-order valence-electron chi connectivity index (χ4n) is 2.05. The number of methoxy groups -OCH3 is 2. The zero-order chi connectivity index (χ0) is 17.7. The van der Waals surface area contributed by atoms with Crippen LogP contribution in [0.1, 0.15) is 27.9 Å². The quantitative estimate of drug-likeness (QED) is 0.561. The molecule has 1 aromatic carbocycles. The Kier molecular flexibility index (Phi) is 6.16. The molecule has 0 aliphatic rings. The van der Waals surface area contributed by atoms with Crippen molar-refractivity contribution in [2.24, 2.45) is 5.10 Å². The monoisotopic (exact) mass is 412 g/mol. The van der Waals surface area contributed by atoms with E-state index in [4.69, 9.17) is 15.2 Å². The highest BCUT2D eigenvalue weighted by Gasteiger charge is 2.15. The summed E-state index contributed by atoms with van der Waals surface area (Å²) < 4.78 is 11.4. The molecule has 0 saturated heterocycles. The highest BCUT2D eigenvalue weighted by Crippen LogP contribution is 2.33. The van der Waals surface area contributed by atoms with E-state index in [0.29, 0.717) is 39.2 Å². The Morgan fingerprint density at radius 3 is 2.83 bits per heavy atom. The van der Waals surface area contributed by atoms with Crippen LogP contribution in [-0.4, -0.2) is 31.3 Å². The third-order valence-electron chi connectivity index (χ3n) is 3.10. The van der Waals surface area contributed by atoms with Gasteiger partial charge in [0.2, 0.25) is 0 Å². The van der Waals surface area contributed by atoms with E-state index in [-0.39, 0.29) is 5.91 Å². The Bertz CT molecular complexity index is 776. The van der Waals surface area contributed by atoms with Gasteiger partial charge in [0, 0.05) is 10.0 Å². The number of nitrogens with two attached hydrogens (primary N) is 1. The minimum absolute atomic E-state index is 0.349. The molecule has 7 nitrogen and oxygen atoms in total. The van der Waals surface area contributed by atoms with Crippen LogP contribution in [-0.2, 0) is 6.42 Å². The number of nitrogens with zero attached hydrogens (tertiary/aromatic N) is 2. The number of aromatic nitrogens is 1. The summed E-state index contributed by atoms with van der Waals surface area (Å²) in [4.78, 5) is 16.8. The number of anilines is 1. The average Bonchev–Trinajstić information content (AvgIpc) is 2.95. The number of nitrogens with one attached hydrogen (secondary N) is 1. The second kappa shape index (κ2) is 8.11. The summed E-state index contributed by atoms with van der Waals surface area (Å²) in [5.41, 5.74) is 9.45. The number of aryl methyl sites for hydroxylation is 1. The van der Waals surface area contributed by atoms with Gasteiger partial charge >= 0.3 is 0 Å². The zero-order valence-electron chi connectivity index (χ0n) is 13.4. The number of amides is 1. The van der Waals surface area contributed by atoms with Crippen molar-refractivity contribution in [3.8, 4) is 11.5 Å². The number of thiazole rings is 1. The van der Waals surface area contributed by atoms with E-state index in [0.717, 1.165) is 15.8 Å². The molecule has 24 heavy (non-hydrogen) atoms. The van der Waals surface area contributed by atoms with Gasteiger partial charge in [0.25, 0.3) is 5.91 Å². The topological polar surface area (TPSA) is 98.8 Å². The Balaban J connectivity index is 2.20. The standard InChI is InChI=1S/C15H17BrN4O3S/c1-4-10-13(24-15(17)19-10)14(21)20-18-7-8-5-9(16)6-11(22-2)12(8)23-3/h5-7H,4H2,1-3H3,(H2,17,19)(H,20,21)/b18-7-. The van der Waals surface area contributed by atoms with Crippen molar-refractivity contribution in [1.29, 1.82) is 0 Å². The van der Waals surface area contributed by atoms with E-state index in [9.17, 15) is 4.79 Å². The van der Waals surface area contributed by atoms with Crippen LogP contribution in [0.15, 0.2) is 21.7 Å². The van der Waals surface area contributed by atoms with E-state index in [1.807, 2.05) is 6.92 Å². The van der Waals surface area contributed by atoms with Gasteiger partial charge in [-0.2, -0.15) is 5.10 Å². The predicted molar refractivity (Wildman–Crippen MR) is 98.2 cm³/mol. The number of rotatable bonds is 6. The maximum atomic E-state index is 12.2. The summed E-state index contributed by atoms with van der Waals surface area (Å²) in [6.07, 6.45) is 2.11. The fourth-order valence-corrected chi connectivity index (χ4v) is 3.32. The normalized spacial score (nSPS) is 10.8. The lowest BCUT2D eigenvalue weighted by molar-refractivity contribution is 0.0958. The minimum Gasteiger partial charge on any atom is -0.493 e. The summed E-state index contributed by atoms with van der Waals surface area (Å²) in [5.74, 6) is 0.733. The molecule has 3 N–H and O–H groups in total. The largest absolute Gasteiger partial charge is 0.493 e. The van der Waals surface area contributed by atoms with Crippen LogP contribution < -0.4 is 20.6 Å². The van der Waals surface area contributed by atoms with Crippen LogP contribution >= 0.6 is 27.3 Å². The summed E-state index contributed by atoms with van der Waals surface area (Å²) in [6.45, 7) is 1.91. The minimum atomic E-state index is -0.349. The van der Waals surface area contributed by atoms with Crippen LogP contribution in [0.3, 0.4) is 0 Å². The molecule has 0 radical (unpaired) electrons. The number of benzene rings is 1. The molecule has 2 rings (SSSR count). The van der Waals surface area contributed by atoms with Gasteiger partial charge in [-0.05, 0) is 18.6 Å². The van der Waals surface area contributed by atoms with E-state index in [2.05, 4.69) is 31.4 Å². The number of hydrogen-bond donors (Lipinski definition) is 2. The van der Waals surface area contributed by atoms with Gasteiger partial charge in [0.05, 0.1) is 26.1 Å². The Morgan fingerprint density at radius 1 is 1.46 bits per heavy atom. The van der Waals surface area contributed by atoms with Crippen molar-refractivity contribution in [1.82, 2.24) is 10.4 Å². The molecule has 0 atom stereocenters. The van der Waals surface area contributed by atoms with Gasteiger partial charge < -0.3 is 15.2 Å². The van der Waals surface area contributed by atoms with Crippen LogP contribution in [0.5, 0.6) is 11.5 Å². The van der Waals surface area contributed by atoms with Crippen molar-refractivity contribution in [2.45, 2.75) is 13.3 Å². The number of halogens is 1. The number of hydrogen-bond acceptors (Lipinski definition) is 7. The van der Waals surface area contributed by atoms with Crippen molar-refractivity contribution in [3.05, 3.63) is 32.7 Å². The van der Waals surface area contributed by atoms with Gasteiger partial charge in [0.15, 0.2) is 16.6 Å². The second-order valence-corrected chi connectivity index (χ2v) is 6.56. The van der Waals surface area contributed by atoms with Crippen LogP contribution in [0, 0.1) is 0 Å². The lowest BCUT2D eigenvalue weighted by atomic mass is 10.2. The Morgan fingerprint density at radius 2 is 2.21 bits per heavy atom. The fraction of sp³-hybridized carbons (Fsp3) is 0.267. The first kappa shape index (κ1) is 18.2. The Hall–Kier alpha value is -2.13. The molecule has 0 aliphatic heterocycles. The highest BCUT2D eigenvalue weighted by atomic mass is 79.9. The van der Waals surface area contributed by atoms with Crippen molar-refractivity contribution < 1.29 is 14.3 Å². The molecule has 1 heterocycles. The number of hydrazone groups is 1. The summed E-state index contributed by atoms with van der Waals surface area (Å²) >= 11 is 4.53. The molecule has 1 amide bonds. The molecule has 1 aromatic heterocycles. The van der Waals surface area contributed by atoms with Gasteiger partial charge in [-0.1, -0.05) is 34.2 Å². The molecule has 0 unspecified atom stereocenters. The van der Waals surface area contributed by atoms with Crippen molar-refractivity contribution >= 4 is 44.5 Å². The molecule has 9 heteroatoms. The molecule has 0 bridgehead atoms. The van der Waals surface area contributed by atoms with E-state index in [1.165, 1.54) is 13.3 Å². The second-order valence-electron chi connectivity index (χ2n) is 4.61. The molecule has 0 fully saturated rings. The zero-order valence-corrected chi connectivity index (χ0v) is 15.8. The molecular weight excluding hydrogens is 396 g/mol. The lowest BCUT2D eigenvalue weighted by Crippen LogP contribution is -2.17. The third kappa shape index (κ3) is 4.04. The molecule has 0 saturated carbocycles. The molecule has 2 aromatic rings. The molecule has 0 spiro atoms. The first-order chi connectivity index (χ1) is 11.5. The average molecular weight is 413 g/mol. The molecule has 0 aliphatic carbocycles.